The summed E-state index contributed by atoms with van der Waals surface area (Å²) in [6.07, 6.45) is 2.21. The minimum absolute atomic E-state index is 0.343. The maximum absolute atomic E-state index is 13.8. The van der Waals surface area contributed by atoms with Gasteiger partial charge in [-0.2, -0.15) is 13.2 Å². The summed E-state index contributed by atoms with van der Waals surface area (Å²) in [7, 11) is 0. The van der Waals surface area contributed by atoms with Gasteiger partial charge in [0.2, 0.25) is 0 Å². The van der Waals surface area contributed by atoms with Crippen LogP contribution in [0, 0.1) is 6.92 Å². The van der Waals surface area contributed by atoms with E-state index >= 15 is 0 Å². The molecule has 1 aromatic rings. The maximum Gasteiger partial charge on any atom is 0.408 e. The van der Waals surface area contributed by atoms with Gasteiger partial charge in [0, 0.05) is 51.0 Å². The van der Waals surface area contributed by atoms with Crippen LogP contribution in [0.5, 0.6) is 0 Å². The molecule has 0 N–H and O–H groups in total. The molecule has 0 amide bonds. The predicted octanol–water partition coefficient (Wildman–Crippen LogP) is 5.03. The van der Waals surface area contributed by atoms with Crippen LogP contribution in [0.15, 0.2) is 48.1 Å². The molecule has 0 radical (unpaired) electrons. The topological polar surface area (TPSA) is 9.72 Å². The Kier molecular flexibility index (Phi) is 7.64. The summed E-state index contributed by atoms with van der Waals surface area (Å²) in [5.41, 5.74) is 2.93. The molecule has 3 nitrogen and oxygen atoms in total. The Balaban J connectivity index is 1.57. The smallest absolute Gasteiger partial charge is 0.369 e. The van der Waals surface area contributed by atoms with E-state index in [-0.39, 0.29) is 0 Å². The number of allylic oxidation sites excluding steroid dienone is 2. The van der Waals surface area contributed by atoms with Crippen molar-refractivity contribution < 1.29 is 13.2 Å². The number of rotatable bonds is 5. The number of para-hydroxylation sites is 1. The zero-order valence-corrected chi connectivity index (χ0v) is 18.3. The van der Waals surface area contributed by atoms with Crippen LogP contribution in [0.4, 0.5) is 18.9 Å². The van der Waals surface area contributed by atoms with E-state index in [0.717, 1.165) is 39.0 Å². The van der Waals surface area contributed by atoms with Crippen molar-refractivity contribution in [1.29, 1.82) is 0 Å². The first kappa shape index (κ1) is 22.9. The highest BCUT2D eigenvalue weighted by atomic mass is 19.4. The van der Waals surface area contributed by atoms with Gasteiger partial charge in [-0.3, -0.25) is 9.80 Å². The molecule has 2 fully saturated rings. The van der Waals surface area contributed by atoms with Gasteiger partial charge in [0.25, 0.3) is 0 Å². The van der Waals surface area contributed by atoms with E-state index < -0.39 is 12.2 Å². The highest BCUT2D eigenvalue weighted by Gasteiger charge is 2.46. The molecular weight excluding hydrogens is 387 g/mol. The SMILES string of the molecule is CC=CC(=CC)C(N1CCC(N2CCN(c3ccccc3C)CC2)CC1)C(F)(F)F. The number of likely N-dealkylation sites (tertiary alicyclic amines) is 1. The van der Waals surface area contributed by atoms with Crippen molar-refractivity contribution >= 4 is 5.69 Å². The summed E-state index contributed by atoms with van der Waals surface area (Å²) >= 11 is 0. The van der Waals surface area contributed by atoms with Crippen molar-refractivity contribution in [3.63, 3.8) is 0 Å². The Labute approximate surface area is 178 Å². The average molecular weight is 422 g/mol. The number of nitrogens with zero attached hydrogens (tertiary/aromatic N) is 3. The van der Waals surface area contributed by atoms with E-state index in [1.165, 1.54) is 11.3 Å². The van der Waals surface area contributed by atoms with E-state index in [1.807, 2.05) is 0 Å². The van der Waals surface area contributed by atoms with Crippen molar-refractivity contribution in [1.82, 2.24) is 9.80 Å². The molecule has 2 aliphatic rings. The van der Waals surface area contributed by atoms with Crippen LogP contribution in [0.2, 0.25) is 0 Å². The third-order valence-electron chi connectivity index (χ3n) is 6.47. The molecule has 2 heterocycles. The van der Waals surface area contributed by atoms with Gasteiger partial charge < -0.3 is 4.90 Å². The van der Waals surface area contributed by atoms with Crippen LogP contribution < -0.4 is 4.90 Å². The lowest BCUT2D eigenvalue weighted by Crippen LogP contribution is -2.56. The van der Waals surface area contributed by atoms with Gasteiger partial charge in [0.1, 0.15) is 6.04 Å². The number of piperidine rings is 1. The third kappa shape index (κ3) is 5.27. The number of hydrogen-bond donors (Lipinski definition) is 0. The molecule has 0 saturated carbocycles. The van der Waals surface area contributed by atoms with Crippen LogP contribution >= 0.6 is 0 Å². The Morgan fingerprint density at radius 1 is 1.00 bits per heavy atom. The minimum atomic E-state index is -4.26. The number of benzene rings is 1. The average Bonchev–Trinajstić information content (AvgIpc) is 2.73. The van der Waals surface area contributed by atoms with Crippen LogP contribution in [0.25, 0.3) is 0 Å². The summed E-state index contributed by atoms with van der Waals surface area (Å²) in [5, 5.41) is 0. The highest BCUT2D eigenvalue weighted by Crippen LogP contribution is 2.33. The van der Waals surface area contributed by atoms with Crippen LogP contribution in [-0.2, 0) is 0 Å². The summed E-state index contributed by atoms with van der Waals surface area (Å²) in [6.45, 7) is 10.5. The molecule has 0 aliphatic carbocycles. The number of piperazine rings is 1. The zero-order valence-electron chi connectivity index (χ0n) is 18.3. The van der Waals surface area contributed by atoms with E-state index in [1.54, 1.807) is 37.0 Å². The molecule has 1 atom stereocenters. The summed E-state index contributed by atoms with van der Waals surface area (Å²) in [6, 6.07) is 7.33. The lowest BCUT2D eigenvalue weighted by atomic mass is 9.97. The Morgan fingerprint density at radius 2 is 1.63 bits per heavy atom. The molecule has 0 aromatic heterocycles. The molecule has 3 rings (SSSR count). The fraction of sp³-hybridized carbons (Fsp3) is 0.583. The second-order valence-corrected chi connectivity index (χ2v) is 8.31. The maximum atomic E-state index is 13.8. The van der Waals surface area contributed by atoms with E-state index in [4.69, 9.17) is 0 Å². The summed E-state index contributed by atoms with van der Waals surface area (Å²) in [5.74, 6) is 0. The van der Waals surface area contributed by atoms with E-state index in [9.17, 15) is 13.2 Å². The second-order valence-electron chi connectivity index (χ2n) is 8.31. The molecule has 1 unspecified atom stereocenters. The molecular formula is C24H34F3N3. The van der Waals surface area contributed by atoms with Crippen molar-refractivity contribution in [2.24, 2.45) is 0 Å². The molecule has 0 bridgehead atoms. The lowest BCUT2D eigenvalue weighted by Gasteiger charge is -2.45. The number of anilines is 1. The molecule has 2 aliphatic heterocycles. The fourth-order valence-corrected chi connectivity index (χ4v) is 4.90. The molecule has 1 aromatic carbocycles. The Morgan fingerprint density at radius 3 is 2.17 bits per heavy atom. The fourth-order valence-electron chi connectivity index (χ4n) is 4.90. The van der Waals surface area contributed by atoms with Crippen molar-refractivity contribution in [3.05, 3.63) is 53.6 Å². The monoisotopic (exact) mass is 421 g/mol. The van der Waals surface area contributed by atoms with Crippen molar-refractivity contribution in [2.45, 2.75) is 51.9 Å². The second kappa shape index (κ2) is 10.0. The standard InChI is InChI=1S/C24H34F3N3/c1-4-8-20(5-2)23(24(25,26)27)30-13-11-21(12-14-30)28-15-17-29(18-16-28)22-10-7-6-9-19(22)3/h4-10,21,23H,11-18H2,1-3H3. The molecule has 6 heteroatoms. The van der Waals surface area contributed by atoms with Gasteiger partial charge >= 0.3 is 6.18 Å². The van der Waals surface area contributed by atoms with Crippen LogP contribution in [0.1, 0.15) is 32.3 Å². The van der Waals surface area contributed by atoms with Gasteiger partial charge in [-0.05, 0) is 50.8 Å². The number of aryl methyl sites for hydroxylation is 1. The molecule has 166 valence electrons. The van der Waals surface area contributed by atoms with Crippen molar-refractivity contribution in [3.8, 4) is 0 Å². The first-order valence-corrected chi connectivity index (χ1v) is 11.0. The summed E-state index contributed by atoms with van der Waals surface area (Å²) < 4.78 is 41.5. The van der Waals surface area contributed by atoms with Crippen molar-refractivity contribution in [2.75, 3.05) is 44.2 Å². The highest BCUT2D eigenvalue weighted by molar-refractivity contribution is 5.53. The van der Waals surface area contributed by atoms with E-state index in [0.29, 0.717) is 24.7 Å². The van der Waals surface area contributed by atoms with Gasteiger partial charge in [-0.25, -0.2) is 0 Å². The molecule has 2 saturated heterocycles. The quantitative estimate of drug-likeness (QED) is 0.617. The summed E-state index contributed by atoms with van der Waals surface area (Å²) in [4.78, 5) is 6.53. The molecule has 30 heavy (non-hydrogen) atoms. The predicted molar refractivity (Wildman–Crippen MR) is 118 cm³/mol. The van der Waals surface area contributed by atoms with Gasteiger partial charge in [-0.15, -0.1) is 0 Å². The lowest BCUT2D eigenvalue weighted by molar-refractivity contribution is -0.175. The molecule has 0 spiro atoms. The number of halogens is 3. The van der Waals surface area contributed by atoms with Gasteiger partial charge in [-0.1, -0.05) is 36.4 Å². The van der Waals surface area contributed by atoms with Gasteiger partial charge in [0.15, 0.2) is 0 Å². The zero-order chi connectivity index (χ0) is 21.7. The van der Waals surface area contributed by atoms with Crippen LogP contribution in [0.3, 0.4) is 0 Å². The number of alkyl halides is 3. The number of hydrogen-bond acceptors (Lipinski definition) is 3. The normalized spacial score (nSPS) is 22.1. The minimum Gasteiger partial charge on any atom is -0.369 e. The third-order valence-corrected chi connectivity index (χ3v) is 6.47. The van der Waals surface area contributed by atoms with Crippen LogP contribution in [-0.4, -0.2) is 67.3 Å². The van der Waals surface area contributed by atoms with Gasteiger partial charge in [0.05, 0.1) is 0 Å². The Hall–Kier alpha value is -1.79. The first-order valence-electron chi connectivity index (χ1n) is 11.0. The Bertz CT molecular complexity index is 740. The first-order chi connectivity index (χ1) is 14.3. The van der Waals surface area contributed by atoms with E-state index in [2.05, 4.69) is 41.0 Å². The largest absolute Gasteiger partial charge is 0.408 e.